The molecule has 22 heavy (non-hydrogen) atoms. The normalized spacial score (nSPS) is 17.4. The van der Waals surface area contributed by atoms with Crippen molar-refractivity contribution in [3.05, 3.63) is 48.2 Å². The summed E-state index contributed by atoms with van der Waals surface area (Å²) < 4.78 is 7.33. The number of amides is 1. The molecule has 0 fully saturated rings. The molecule has 1 aliphatic heterocycles. The van der Waals surface area contributed by atoms with E-state index in [-0.39, 0.29) is 18.4 Å². The van der Waals surface area contributed by atoms with Crippen molar-refractivity contribution in [3.63, 3.8) is 0 Å². The van der Waals surface area contributed by atoms with Crippen molar-refractivity contribution >= 4 is 16.9 Å². The van der Waals surface area contributed by atoms with Crippen molar-refractivity contribution in [2.24, 2.45) is 0 Å². The highest BCUT2D eigenvalue weighted by molar-refractivity contribution is 5.86. The van der Waals surface area contributed by atoms with Gasteiger partial charge < -0.3 is 14.4 Å². The fourth-order valence-electron chi connectivity index (χ4n) is 2.98. The van der Waals surface area contributed by atoms with Crippen LogP contribution in [0.1, 0.15) is 17.9 Å². The van der Waals surface area contributed by atoms with Crippen molar-refractivity contribution in [2.45, 2.75) is 31.8 Å². The molecule has 1 N–H and O–H groups in total. The third kappa shape index (κ3) is 2.36. The van der Waals surface area contributed by atoms with Crippen molar-refractivity contribution in [2.75, 3.05) is 0 Å². The van der Waals surface area contributed by atoms with Crippen molar-refractivity contribution in [1.29, 1.82) is 0 Å². The van der Waals surface area contributed by atoms with E-state index < -0.39 is 0 Å². The molecule has 0 saturated heterocycles. The standard InChI is InChI=1S/C16H16N4O2/c21-16(9-13-12-3-1-2-4-14(12)22-19-13)18-11-5-6-15-17-7-8-20(15)10-11/h1-4,7-8,11H,5-6,9-10H2,(H,18,21)/t11-/m0/s1. The van der Waals surface area contributed by atoms with Gasteiger partial charge in [-0.1, -0.05) is 17.3 Å². The Hall–Kier alpha value is -2.63. The Morgan fingerprint density at radius 3 is 3.27 bits per heavy atom. The average Bonchev–Trinajstić information content (AvgIpc) is 3.14. The van der Waals surface area contributed by atoms with Crippen LogP contribution in [-0.4, -0.2) is 26.7 Å². The predicted octanol–water partition coefficient (Wildman–Crippen LogP) is 1.70. The van der Waals surface area contributed by atoms with Crippen LogP contribution in [-0.2, 0) is 24.2 Å². The van der Waals surface area contributed by atoms with E-state index >= 15 is 0 Å². The number of benzene rings is 1. The first-order valence-electron chi connectivity index (χ1n) is 7.42. The molecule has 0 unspecified atom stereocenters. The highest BCUT2D eigenvalue weighted by atomic mass is 16.5. The lowest BCUT2D eigenvalue weighted by molar-refractivity contribution is -0.121. The lowest BCUT2D eigenvalue weighted by Crippen LogP contribution is -2.41. The van der Waals surface area contributed by atoms with E-state index in [2.05, 4.69) is 20.0 Å². The highest BCUT2D eigenvalue weighted by Crippen LogP contribution is 2.18. The molecule has 0 bridgehead atoms. The van der Waals surface area contributed by atoms with Crippen LogP contribution in [0.3, 0.4) is 0 Å². The minimum absolute atomic E-state index is 0.0207. The largest absolute Gasteiger partial charge is 0.356 e. The molecule has 0 aliphatic carbocycles. The molecular formula is C16H16N4O2. The van der Waals surface area contributed by atoms with Gasteiger partial charge >= 0.3 is 0 Å². The van der Waals surface area contributed by atoms with E-state index in [4.69, 9.17) is 4.52 Å². The summed E-state index contributed by atoms with van der Waals surface area (Å²) in [5.41, 5.74) is 1.40. The molecule has 6 heteroatoms. The molecule has 1 aliphatic rings. The van der Waals surface area contributed by atoms with Gasteiger partial charge in [0.1, 0.15) is 11.5 Å². The molecule has 0 radical (unpaired) electrons. The van der Waals surface area contributed by atoms with Crippen molar-refractivity contribution in [3.8, 4) is 0 Å². The molecule has 4 rings (SSSR count). The Morgan fingerprint density at radius 1 is 1.41 bits per heavy atom. The van der Waals surface area contributed by atoms with Gasteiger partial charge in [0.05, 0.1) is 6.42 Å². The summed E-state index contributed by atoms with van der Waals surface area (Å²) >= 11 is 0. The van der Waals surface area contributed by atoms with Crippen LogP contribution >= 0.6 is 0 Å². The summed E-state index contributed by atoms with van der Waals surface area (Å²) in [5, 5.41) is 7.99. The molecule has 2 aromatic heterocycles. The number of nitrogens with zero attached hydrogens (tertiary/aromatic N) is 3. The molecule has 6 nitrogen and oxygen atoms in total. The topological polar surface area (TPSA) is 73.0 Å². The van der Waals surface area contributed by atoms with Crippen LogP contribution in [0.2, 0.25) is 0 Å². The van der Waals surface area contributed by atoms with Crippen LogP contribution in [0.5, 0.6) is 0 Å². The van der Waals surface area contributed by atoms with Gasteiger partial charge in [0.2, 0.25) is 5.91 Å². The van der Waals surface area contributed by atoms with Gasteiger partial charge in [0.25, 0.3) is 0 Å². The number of imidazole rings is 1. The number of rotatable bonds is 3. The molecule has 112 valence electrons. The zero-order valence-corrected chi connectivity index (χ0v) is 12.0. The number of carbonyl (C=O) groups excluding carboxylic acids is 1. The minimum atomic E-state index is -0.0207. The van der Waals surface area contributed by atoms with E-state index in [0.29, 0.717) is 11.3 Å². The second-order valence-electron chi connectivity index (χ2n) is 5.60. The van der Waals surface area contributed by atoms with E-state index in [9.17, 15) is 4.79 Å². The number of aromatic nitrogens is 3. The van der Waals surface area contributed by atoms with E-state index in [1.165, 1.54) is 0 Å². The zero-order chi connectivity index (χ0) is 14.9. The number of aryl methyl sites for hydroxylation is 1. The first kappa shape index (κ1) is 13.1. The Bertz CT molecular complexity index is 820. The Kier molecular flexibility index (Phi) is 3.14. The Labute approximate surface area is 127 Å². The maximum absolute atomic E-state index is 12.3. The molecule has 3 aromatic rings. The maximum Gasteiger partial charge on any atom is 0.226 e. The van der Waals surface area contributed by atoms with Gasteiger partial charge in [-0.2, -0.15) is 0 Å². The summed E-state index contributed by atoms with van der Waals surface area (Å²) in [4.78, 5) is 16.5. The summed E-state index contributed by atoms with van der Waals surface area (Å²) in [5.74, 6) is 1.07. The molecule has 3 heterocycles. The van der Waals surface area contributed by atoms with Crippen LogP contribution in [0.4, 0.5) is 0 Å². The van der Waals surface area contributed by atoms with Gasteiger partial charge in [-0.25, -0.2) is 4.98 Å². The molecular weight excluding hydrogens is 280 g/mol. The molecule has 0 saturated carbocycles. The monoisotopic (exact) mass is 296 g/mol. The minimum Gasteiger partial charge on any atom is -0.356 e. The highest BCUT2D eigenvalue weighted by Gasteiger charge is 2.21. The van der Waals surface area contributed by atoms with Gasteiger partial charge in [-0.15, -0.1) is 0 Å². The number of nitrogens with one attached hydrogen (secondary N) is 1. The summed E-state index contributed by atoms with van der Waals surface area (Å²) in [7, 11) is 0. The van der Waals surface area contributed by atoms with Gasteiger partial charge in [0.15, 0.2) is 5.58 Å². The number of fused-ring (bicyclic) bond motifs is 2. The smallest absolute Gasteiger partial charge is 0.226 e. The van der Waals surface area contributed by atoms with Crippen molar-refractivity contribution in [1.82, 2.24) is 20.0 Å². The van der Waals surface area contributed by atoms with Crippen LogP contribution in [0, 0.1) is 0 Å². The summed E-state index contributed by atoms with van der Waals surface area (Å²) in [6.45, 7) is 0.778. The number of hydrogen-bond acceptors (Lipinski definition) is 4. The van der Waals surface area contributed by atoms with Gasteiger partial charge in [0, 0.05) is 36.8 Å². The lowest BCUT2D eigenvalue weighted by Gasteiger charge is -2.24. The molecule has 0 spiro atoms. The number of carbonyl (C=O) groups is 1. The average molecular weight is 296 g/mol. The van der Waals surface area contributed by atoms with Crippen LogP contribution in [0.15, 0.2) is 41.2 Å². The van der Waals surface area contributed by atoms with E-state index in [0.717, 1.165) is 30.6 Å². The Morgan fingerprint density at radius 2 is 2.32 bits per heavy atom. The predicted molar refractivity (Wildman–Crippen MR) is 80.2 cm³/mol. The summed E-state index contributed by atoms with van der Waals surface area (Å²) in [6.07, 6.45) is 5.82. The fourth-order valence-corrected chi connectivity index (χ4v) is 2.98. The zero-order valence-electron chi connectivity index (χ0n) is 12.0. The number of para-hydroxylation sites is 1. The van der Waals surface area contributed by atoms with E-state index in [1.807, 2.05) is 30.5 Å². The fraction of sp³-hybridized carbons (Fsp3) is 0.312. The molecule has 1 amide bonds. The second kappa shape index (κ2) is 5.29. The quantitative estimate of drug-likeness (QED) is 0.798. The van der Waals surface area contributed by atoms with Crippen LogP contribution in [0.25, 0.3) is 11.0 Å². The maximum atomic E-state index is 12.3. The summed E-state index contributed by atoms with van der Waals surface area (Å²) in [6, 6.07) is 7.73. The second-order valence-corrected chi connectivity index (χ2v) is 5.60. The SMILES string of the molecule is O=C(Cc1noc2ccccc12)N[C@H]1CCc2nccn2C1. The van der Waals surface area contributed by atoms with Crippen molar-refractivity contribution < 1.29 is 9.32 Å². The first-order valence-corrected chi connectivity index (χ1v) is 7.42. The molecule has 1 atom stereocenters. The van der Waals surface area contributed by atoms with Gasteiger partial charge in [-0.3, -0.25) is 4.79 Å². The molecule has 1 aromatic carbocycles. The third-order valence-corrected chi connectivity index (χ3v) is 4.08. The van der Waals surface area contributed by atoms with Gasteiger partial charge in [-0.05, 0) is 18.6 Å². The lowest BCUT2D eigenvalue weighted by atomic mass is 10.1. The Balaban J connectivity index is 1.43. The van der Waals surface area contributed by atoms with Crippen LogP contribution < -0.4 is 5.32 Å². The first-order chi connectivity index (χ1) is 10.8. The van der Waals surface area contributed by atoms with E-state index in [1.54, 1.807) is 6.20 Å². The third-order valence-electron chi connectivity index (χ3n) is 4.08. The number of hydrogen-bond donors (Lipinski definition) is 1.